The van der Waals surface area contributed by atoms with Crippen molar-refractivity contribution in [1.82, 2.24) is 0 Å². The molecule has 0 bridgehead atoms. The van der Waals surface area contributed by atoms with Gasteiger partial charge in [0.1, 0.15) is 5.58 Å². The van der Waals surface area contributed by atoms with E-state index in [0.717, 1.165) is 12.0 Å². The Labute approximate surface area is 210 Å². The van der Waals surface area contributed by atoms with Gasteiger partial charge in [-0.1, -0.05) is 50.2 Å². The lowest BCUT2D eigenvalue weighted by Crippen LogP contribution is -2.29. The lowest BCUT2D eigenvalue weighted by Gasteiger charge is -2.26. The second-order valence-electron chi connectivity index (χ2n) is 9.25. The van der Waals surface area contributed by atoms with Gasteiger partial charge in [0.15, 0.2) is 16.9 Å². The first-order chi connectivity index (χ1) is 17.5. The van der Waals surface area contributed by atoms with Crippen molar-refractivity contribution < 1.29 is 18.7 Å². The van der Waals surface area contributed by atoms with Gasteiger partial charge in [-0.25, -0.2) is 0 Å². The molecular weight excluding hydrogens is 454 g/mol. The number of carbonyl (C=O) groups excluding carboxylic acids is 1. The highest BCUT2D eigenvalue weighted by atomic mass is 16.5. The van der Waals surface area contributed by atoms with Crippen molar-refractivity contribution in [2.24, 2.45) is 5.92 Å². The maximum absolute atomic E-state index is 13.7. The van der Waals surface area contributed by atoms with Crippen molar-refractivity contribution in [3.63, 3.8) is 0 Å². The van der Waals surface area contributed by atoms with Gasteiger partial charge in [0.05, 0.1) is 30.2 Å². The Morgan fingerprint density at radius 1 is 0.917 bits per heavy atom. The highest BCUT2D eigenvalue weighted by Crippen LogP contribution is 2.43. The number of fused-ring (bicyclic) bond motifs is 2. The van der Waals surface area contributed by atoms with Crippen molar-refractivity contribution in [3.8, 4) is 11.5 Å². The minimum atomic E-state index is -0.667. The number of ether oxygens (including phenoxy) is 2. The average molecular weight is 484 g/mol. The molecule has 0 fully saturated rings. The monoisotopic (exact) mass is 483 g/mol. The summed E-state index contributed by atoms with van der Waals surface area (Å²) in [5.41, 5.74) is 1.94. The van der Waals surface area contributed by atoms with Crippen molar-refractivity contribution >= 4 is 22.6 Å². The maximum atomic E-state index is 13.7. The first-order valence-electron chi connectivity index (χ1n) is 12.3. The van der Waals surface area contributed by atoms with Gasteiger partial charge in [0.2, 0.25) is 5.76 Å². The molecule has 1 atom stereocenters. The number of hydrogen-bond acceptors (Lipinski definition) is 5. The number of rotatable bonds is 8. The largest absolute Gasteiger partial charge is 0.490 e. The van der Waals surface area contributed by atoms with Gasteiger partial charge in [-0.2, -0.15) is 0 Å². The zero-order valence-electron chi connectivity index (χ0n) is 20.7. The topological polar surface area (TPSA) is 69.0 Å². The predicted molar refractivity (Wildman–Crippen MR) is 140 cm³/mol. The highest BCUT2D eigenvalue weighted by Gasteiger charge is 2.43. The first-order valence-corrected chi connectivity index (χ1v) is 12.3. The lowest BCUT2D eigenvalue weighted by atomic mass is 9.97. The molecule has 6 nitrogen and oxygen atoms in total. The number of hydrogen-bond donors (Lipinski definition) is 0. The van der Waals surface area contributed by atoms with Crippen LogP contribution in [0, 0.1) is 5.92 Å². The summed E-state index contributed by atoms with van der Waals surface area (Å²) in [4.78, 5) is 29.0. The second-order valence-corrected chi connectivity index (χ2v) is 9.25. The minimum Gasteiger partial charge on any atom is -0.490 e. The van der Waals surface area contributed by atoms with E-state index in [2.05, 4.69) is 13.8 Å². The first kappa shape index (κ1) is 23.7. The van der Waals surface area contributed by atoms with E-state index in [0.29, 0.717) is 52.9 Å². The van der Waals surface area contributed by atoms with E-state index in [1.807, 2.05) is 55.5 Å². The van der Waals surface area contributed by atoms with E-state index in [4.69, 9.17) is 13.9 Å². The quantitative estimate of drug-likeness (QED) is 0.291. The number of nitrogens with zero attached hydrogens (tertiary/aromatic N) is 1. The molecule has 1 aromatic heterocycles. The molecule has 4 aromatic rings. The fourth-order valence-corrected chi connectivity index (χ4v) is 4.58. The summed E-state index contributed by atoms with van der Waals surface area (Å²) < 4.78 is 18.0. The minimum absolute atomic E-state index is 0.0720. The highest BCUT2D eigenvalue weighted by molar-refractivity contribution is 6.10. The summed E-state index contributed by atoms with van der Waals surface area (Å²) in [6.07, 6.45) is 0.924. The van der Waals surface area contributed by atoms with Crippen molar-refractivity contribution in [3.05, 3.63) is 99.9 Å². The fourth-order valence-electron chi connectivity index (χ4n) is 4.58. The summed E-state index contributed by atoms with van der Waals surface area (Å²) >= 11 is 0. The van der Waals surface area contributed by atoms with Crippen LogP contribution < -0.4 is 19.8 Å². The van der Waals surface area contributed by atoms with Gasteiger partial charge < -0.3 is 13.9 Å². The summed E-state index contributed by atoms with van der Waals surface area (Å²) in [5, 5.41) is 0.447. The molecule has 3 aromatic carbocycles. The third-order valence-corrected chi connectivity index (χ3v) is 6.35. The lowest BCUT2D eigenvalue weighted by molar-refractivity contribution is 0.0971. The van der Waals surface area contributed by atoms with Crippen LogP contribution in [0.4, 0.5) is 5.69 Å². The number of amides is 1. The molecule has 184 valence electrons. The van der Waals surface area contributed by atoms with Crippen LogP contribution in [-0.4, -0.2) is 19.1 Å². The molecule has 5 rings (SSSR count). The van der Waals surface area contributed by atoms with Gasteiger partial charge in [0.25, 0.3) is 5.91 Å². The molecule has 0 aliphatic carbocycles. The molecule has 1 unspecified atom stereocenters. The third kappa shape index (κ3) is 4.24. The number of benzene rings is 3. The Morgan fingerprint density at radius 2 is 1.67 bits per heavy atom. The van der Waals surface area contributed by atoms with E-state index >= 15 is 0 Å². The van der Waals surface area contributed by atoms with Crippen LogP contribution in [0.25, 0.3) is 11.0 Å². The molecule has 36 heavy (non-hydrogen) atoms. The normalized spacial score (nSPS) is 14.9. The van der Waals surface area contributed by atoms with Crippen LogP contribution in [0.3, 0.4) is 0 Å². The van der Waals surface area contributed by atoms with Gasteiger partial charge in [-0.05, 0) is 61.2 Å². The molecule has 1 aliphatic rings. The van der Waals surface area contributed by atoms with Crippen LogP contribution in [-0.2, 0) is 0 Å². The third-order valence-electron chi connectivity index (χ3n) is 6.35. The molecule has 0 saturated heterocycles. The maximum Gasteiger partial charge on any atom is 0.295 e. The van der Waals surface area contributed by atoms with Crippen LogP contribution in [0.2, 0.25) is 0 Å². The Morgan fingerprint density at radius 3 is 2.42 bits per heavy atom. The van der Waals surface area contributed by atoms with Gasteiger partial charge in [0, 0.05) is 5.69 Å². The molecule has 6 heteroatoms. The standard InChI is InChI=1S/C30H29NO5/c1-4-34-25-18-20(14-15-24(25)35-17-16-19(2)3)27-26-28(32)22-12-8-9-13-23(22)36-29(26)30(33)31(27)21-10-6-5-7-11-21/h5-15,18-19,27H,4,16-17H2,1-3H3. The van der Waals surface area contributed by atoms with Crippen LogP contribution in [0.15, 0.2) is 82.0 Å². The van der Waals surface area contributed by atoms with E-state index in [-0.39, 0.29) is 17.1 Å². The summed E-state index contributed by atoms with van der Waals surface area (Å²) in [7, 11) is 0. The van der Waals surface area contributed by atoms with E-state index in [1.165, 1.54) is 0 Å². The zero-order chi connectivity index (χ0) is 25.2. The molecule has 0 radical (unpaired) electrons. The molecule has 0 N–H and O–H groups in total. The average Bonchev–Trinajstić information content (AvgIpc) is 3.18. The summed E-state index contributed by atoms with van der Waals surface area (Å²) in [5.74, 6) is 1.47. The van der Waals surface area contributed by atoms with Crippen LogP contribution in [0.5, 0.6) is 11.5 Å². The van der Waals surface area contributed by atoms with Crippen molar-refractivity contribution in [1.29, 1.82) is 0 Å². The molecule has 0 spiro atoms. The Balaban J connectivity index is 1.67. The molecule has 0 saturated carbocycles. The molecule has 2 heterocycles. The van der Waals surface area contributed by atoms with Gasteiger partial charge in [-0.3, -0.25) is 14.5 Å². The Bertz CT molecular complexity index is 1460. The number of anilines is 1. The van der Waals surface area contributed by atoms with Crippen molar-refractivity contribution in [2.45, 2.75) is 33.2 Å². The Kier molecular flexibility index (Phi) is 6.51. The molecular formula is C30H29NO5. The number of carbonyl (C=O) groups is 1. The van der Waals surface area contributed by atoms with Gasteiger partial charge >= 0.3 is 0 Å². The number of para-hydroxylation sites is 2. The molecule has 1 aliphatic heterocycles. The van der Waals surface area contributed by atoms with E-state index in [9.17, 15) is 9.59 Å². The second kappa shape index (κ2) is 9.90. The Hall–Kier alpha value is -4.06. The van der Waals surface area contributed by atoms with Crippen LogP contribution >= 0.6 is 0 Å². The smallest absolute Gasteiger partial charge is 0.295 e. The fraction of sp³-hybridized carbons (Fsp3) is 0.267. The molecule has 1 amide bonds. The summed E-state index contributed by atoms with van der Waals surface area (Å²) in [6, 6.07) is 21.3. The van der Waals surface area contributed by atoms with E-state index < -0.39 is 6.04 Å². The SMILES string of the molecule is CCOc1cc(C2c3c(oc4ccccc4c3=O)C(=O)N2c2ccccc2)ccc1OCCC(C)C. The van der Waals surface area contributed by atoms with Gasteiger partial charge in [-0.15, -0.1) is 0 Å². The van der Waals surface area contributed by atoms with Crippen molar-refractivity contribution in [2.75, 3.05) is 18.1 Å². The summed E-state index contributed by atoms with van der Waals surface area (Å²) in [6.45, 7) is 7.25. The van der Waals surface area contributed by atoms with E-state index in [1.54, 1.807) is 29.2 Å². The predicted octanol–water partition coefficient (Wildman–Crippen LogP) is 6.37. The zero-order valence-corrected chi connectivity index (χ0v) is 20.7. The van der Waals surface area contributed by atoms with Crippen LogP contribution in [0.1, 0.15) is 54.9 Å².